The summed E-state index contributed by atoms with van der Waals surface area (Å²) in [6.07, 6.45) is 7.69. The Kier molecular flexibility index (Phi) is 21.9. The summed E-state index contributed by atoms with van der Waals surface area (Å²) in [5.74, 6) is 0. The van der Waals surface area contributed by atoms with Gasteiger partial charge in [0, 0.05) is 0 Å². The molecule has 0 saturated heterocycles. The third-order valence-corrected chi connectivity index (χ3v) is 1.000. The Bertz CT molecular complexity index is 12.3. The maximum Gasteiger partial charge on any atom is -0.0215 e. The van der Waals surface area contributed by atoms with Gasteiger partial charge in [0.25, 0.3) is 0 Å². The molecule has 0 unspecified atom stereocenters. The van der Waals surface area contributed by atoms with Crippen LogP contribution >= 0.6 is 12.6 Å². The van der Waals surface area contributed by atoms with Crippen molar-refractivity contribution in [2.45, 2.75) is 39.5 Å². The van der Waals surface area contributed by atoms with Crippen molar-refractivity contribution in [2.24, 2.45) is 0 Å². The lowest BCUT2D eigenvalue weighted by Gasteiger charge is -2.05. The normalized spacial score (nSPS) is 13.5. The molecule has 52 valence electrons. The first-order valence-corrected chi connectivity index (χ1v) is 4.34. The molecule has 0 bridgehead atoms. The zero-order valence-corrected chi connectivity index (χ0v) is 7.17. The van der Waals surface area contributed by atoms with Crippen molar-refractivity contribution in [1.29, 1.82) is 0 Å². The molecular formula is C7H18S. The van der Waals surface area contributed by atoms with Crippen molar-refractivity contribution < 1.29 is 0 Å². The van der Waals surface area contributed by atoms with Crippen molar-refractivity contribution in [3.63, 3.8) is 0 Å². The number of thiol groups is 1. The van der Waals surface area contributed by atoms with Gasteiger partial charge in [-0.25, -0.2) is 0 Å². The molecule has 0 aromatic carbocycles. The summed E-state index contributed by atoms with van der Waals surface area (Å²) in [5.41, 5.74) is 0. The SMILES string of the molecule is C1CCC1.CC.CS. The van der Waals surface area contributed by atoms with E-state index in [-0.39, 0.29) is 0 Å². The van der Waals surface area contributed by atoms with Crippen LogP contribution in [-0.4, -0.2) is 6.26 Å². The monoisotopic (exact) mass is 134 g/mol. The van der Waals surface area contributed by atoms with E-state index in [0.717, 1.165) is 0 Å². The Balaban J connectivity index is 0. The zero-order valence-electron chi connectivity index (χ0n) is 6.28. The molecule has 0 atom stereocenters. The average molecular weight is 134 g/mol. The molecule has 0 N–H and O–H groups in total. The van der Waals surface area contributed by atoms with Crippen LogP contribution < -0.4 is 0 Å². The first kappa shape index (κ1) is 11.2. The van der Waals surface area contributed by atoms with E-state index in [1.807, 2.05) is 13.8 Å². The van der Waals surface area contributed by atoms with E-state index in [0.29, 0.717) is 0 Å². The van der Waals surface area contributed by atoms with E-state index in [4.69, 9.17) is 0 Å². The predicted molar refractivity (Wildman–Crippen MR) is 44.7 cm³/mol. The van der Waals surface area contributed by atoms with Crippen LogP contribution in [0.25, 0.3) is 0 Å². The molecule has 0 spiro atoms. The van der Waals surface area contributed by atoms with Gasteiger partial charge in [-0.15, -0.1) is 0 Å². The molecule has 0 aromatic rings. The van der Waals surface area contributed by atoms with E-state index in [1.165, 1.54) is 25.7 Å². The van der Waals surface area contributed by atoms with Crippen molar-refractivity contribution in [3.8, 4) is 0 Å². The van der Waals surface area contributed by atoms with E-state index in [1.54, 1.807) is 6.26 Å². The summed E-state index contributed by atoms with van der Waals surface area (Å²) in [7, 11) is 0. The molecule has 1 saturated carbocycles. The van der Waals surface area contributed by atoms with Gasteiger partial charge in [0.05, 0.1) is 0 Å². The first-order valence-electron chi connectivity index (χ1n) is 3.45. The summed E-state index contributed by atoms with van der Waals surface area (Å²) in [5, 5.41) is 0. The molecule has 0 aliphatic heterocycles. The van der Waals surface area contributed by atoms with Crippen molar-refractivity contribution in [2.75, 3.05) is 6.26 Å². The second kappa shape index (κ2) is 15.7. The molecule has 0 heterocycles. The second-order valence-corrected chi connectivity index (χ2v) is 1.41. The molecule has 1 aliphatic carbocycles. The lowest BCUT2D eigenvalue weighted by atomic mass is 10.0. The van der Waals surface area contributed by atoms with E-state index < -0.39 is 0 Å². The number of hydrogen-bond acceptors (Lipinski definition) is 1. The Hall–Kier alpha value is 0.350. The molecule has 1 aliphatic rings. The highest BCUT2D eigenvalue weighted by atomic mass is 32.1. The Morgan fingerprint density at radius 3 is 0.875 bits per heavy atom. The van der Waals surface area contributed by atoms with Gasteiger partial charge in [-0.1, -0.05) is 39.5 Å². The van der Waals surface area contributed by atoms with Crippen LogP contribution in [0.5, 0.6) is 0 Å². The minimum Gasteiger partial charge on any atom is -0.183 e. The molecule has 0 radical (unpaired) electrons. The molecule has 0 nitrogen and oxygen atoms in total. The summed E-state index contributed by atoms with van der Waals surface area (Å²) in [6.45, 7) is 4.00. The van der Waals surface area contributed by atoms with Crippen LogP contribution in [0.2, 0.25) is 0 Å². The fourth-order valence-corrected chi connectivity index (χ4v) is 0.250. The van der Waals surface area contributed by atoms with Gasteiger partial charge in [0.2, 0.25) is 0 Å². The van der Waals surface area contributed by atoms with Gasteiger partial charge in [0.15, 0.2) is 0 Å². The minimum absolute atomic E-state index is 1.50. The van der Waals surface area contributed by atoms with Crippen LogP contribution in [0.4, 0.5) is 0 Å². The molecule has 1 heteroatoms. The molecule has 0 amide bonds. The smallest absolute Gasteiger partial charge is 0.0215 e. The Morgan fingerprint density at radius 2 is 0.875 bits per heavy atom. The van der Waals surface area contributed by atoms with Gasteiger partial charge >= 0.3 is 0 Å². The molecule has 8 heavy (non-hydrogen) atoms. The lowest BCUT2D eigenvalue weighted by molar-refractivity contribution is 0.504. The maximum absolute atomic E-state index is 3.53. The highest BCUT2D eigenvalue weighted by Crippen LogP contribution is 2.15. The quantitative estimate of drug-likeness (QED) is 0.483. The van der Waals surface area contributed by atoms with Crippen LogP contribution in [0.15, 0.2) is 0 Å². The molecular weight excluding hydrogens is 116 g/mol. The molecule has 0 aromatic heterocycles. The van der Waals surface area contributed by atoms with Crippen LogP contribution in [0.1, 0.15) is 39.5 Å². The summed E-state index contributed by atoms with van der Waals surface area (Å²) in [6, 6.07) is 0. The fourth-order valence-electron chi connectivity index (χ4n) is 0.250. The first-order chi connectivity index (χ1) is 4.00. The number of hydrogen-bond donors (Lipinski definition) is 1. The predicted octanol–water partition coefficient (Wildman–Crippen LogP) is 3.13. The van der Waals surface area contributed by atoms with E-state index in [9.17, 15) is 0 Å². The van der Waals surface area contributed by atoms with Gasteiger partial charge in [0.1, 0.15) is 0 Å². The zero-order chi connectivity index (χ0) is 6.83. The summed E-state index contributed by atoms with van der Waals surface area (Å²) >= 11 is 3.53. The topological polar surface area (TPSA) is 0 Å². The summed E-state index contributed by atoms with van der Waals surface area (Å²) < 4.78 is 0. The van der Waals surface area contributed by atoms with Gasteiger partial charge in [-0.05, 0) is 6.26 Å². The van der Waals surface area contributed by atoms with Crippen molar-refractivity contribution >= 4 is 12.6 Å². The summed E-state index contributed by atoms with van der Waals surface area (Å²) in [4.78, 5) is 0. The second-order valence-electron chi connectivity index (χ2n) is 1.41. The van der Waals surface area contributed by atoms with Gasteiger partial charge < -0.3 is 0 Å². The third kappa shape index (κ3) is 9.61. The Morgan fingerprint density at radius 1 is 0.750 bits per heavy atom. The van der Waals surface area contributed by atoms with Crippen LogP contribution in [0, 0.1) is 0 Å². The highest BCUT2D eigenvalue weighted by Gasteiger charge is 1.95. The van der Waals surface area contributed by atoms with E-state index in [2.05, 4.69) is 12.6 Å². The molecule has 1 rings (SSSR count). The third-order valence-electron chi connectivity index (χ3n) is 1.000. The average Bonchev–Trinajstić information content (AvgIpc) is 1.72. The lowest BCUT2D eigenvalue weighted by Crippen LogP contribution is -1.85. The van der Waals surface area contributed by atoms with Crippen LogP contribution in [0.3, 0.4) is 0 Å². The van der Waals surface area contributed by atoms with Gasteiger partial charge in [-0.3, -0.25) is 0 Å². The largest absolute Gasteiger partial charge is 0.183 e. The highest BCUT2D eigenvalue weighted by molar-refractivity contribution is 7.79. The van der Waals surface area contributed by atoms with Crippen molar-refractivity contribution in [3.05, 3.63) is 0 Å². The van der Waals surface area contributed by atoms with Gasteiger partial charge in [-0.2, -0.15) is 12.6 Å². The van der Waals surface area contributed by atoms with Crippen molar-refractivity contribution in [1.82, 2.24) is 0 Å². The van der Waals surface area contributed by atoms with E-state index >= 15 is 0 Å². The number of rotatable bonds is 0. The van der Waals surface area contributed by atoms with Crippen LogP contribution in [-0.2, 0) is 0 Å². The standard InChI is InChI=1S/C4H8.C2H6.CH4S/c1-2-4-3-1;2*1-2/h1-4H2;1-2H3;2H,1H3. The molecule has 1 fully saturated rings. The fraction of sp³-hybridized carbons (Fsp3) is 1.00. The maximum atomic E-state index is 3.53. The Labute approximate surface area is 59.1 Å². The minimum atomic E-state index is 1.50.